The summed E-state index contributed by atoms with van der Waals surface area (Å²) in [5.74, 6) is 1.04. The van der Waals surface area contributed by atoms with Gasteiger partial charge in [-0.15, -0.1) is 0 Å². The molecule has 4 nitrogen and oxygen atoms in total. The lowest BCUT2D eigenvalue weighted by atomic mass is 9.75. The Balaban J connectivity index is 1.25. The van der Waals surface area contributed by atoms with E-state index in [0.29, 0.717) is 29.4 Å². The van der Waals surface area contributed by atoms with Crippen LogP contribution in [0.1, 0.15) is 56.9 Å². The smallest absolute Gasteiger partial charge is 0.305 e. The van der Waals surface area contributed by atoms with Gasteiger partial charge in [-0.25, -0.2) is 13.8 Å². The number of hydrogen-bond acceptors (Lipinski definition) is 3. The number of benzene rings is 1. The summed E-state index contributed by atoms with van der Waals surface area (Å²) in [5.41, 5.74) is 4.86. The zero-order valence-electron chi connectivity index (χ0n) is 19.4. The zero-order valence-corrected chi connectivity index (χ0v) is 19.4. The SMILES string of the molecule is COC(=O)CC1CCC(C2=CC=C(c3ccc(-c4nc5c([nH]4)=CC(F)CC=5F)cc3)CC2)CC1. The van der Waals surface area contributed by atoms with Gasteiger partial charge in [-0.1, -0.05) is 42.0 Å². The molecule has 6 heteroatoms. The number of H-pyrrole nitrogens is 1. The van der Waals surface area contributed by atoms with Gasteiger partial charge in [0.25, 0.3) is 0 Å². The number of halogens is 2. The van der Waals surface area contributed by atoms with Crippen LogP contribution in [0.4, 0.5) is 8.78 Å². The standard InChI is InChI=1S/C28H30F2N2O2/c1-34-26(33)14-17-2-4-18(5-3-17)19-6-8-20(9-7-19)21-10-12-22(13-11-21)28-31-25-16-23(29)15-24(30)27(25)32-28/h6,8,10-13,16-18,23H,2-5,7,9,14-15H2,1H3,(H,31,32). The fourth-order valence-electron chi connectivity index (χ4n) is 5.49. The van der Waals surface area contributed by atoms with Crippen molar-refractivity contribution in [1.29, 1.82) is 0 Å². The van der Waals surface area contributed by atoms with Crippen LogP contribution in [-0.4, -0.2) is 29.2 Å². The first-order valence-corrected chi connectivity index (χ1v) is 12.2. The Morgan fingerprint density at radius 2 is 1.82 bits per heavy atom. The Labute approximate surface area is 198 Å². The number of rotatable bonds is 5. The third-order valence-electron chi connectivity index (χ3n) is 7.48. The van der Waals surface area contributed by atoms with Crippen molar-refractivity contribution in [2.75, 3.05) is 7.11 Å². The van der Waals surface area contributed by atoms with Gasteiger partial charge in [-0.2, -0.15) is 0 Å². The van der Waals surface area contributed by atoms with Crippen molar-refractivity contribution in [3.63, 3.8) is 0 Å². The van der Waals surface area contributed by atoms with Crippen molar-refractivity contribution in [3.8, 4) is 11.4 Å². The summed E-state index contributed by atoms with van der Waals surface area (Å²) < 4.78 is 32.5. The van der Waals surface area contributed by atoms with E-state index in [4.69, 9.17) is 4.74 Å². The number of ether oxygens (including phenoxy) is 1. The molecule has 1 atom stereocenters. The van der Waals surface area contributed by atoms with Crippen molar-refractivity contribution < 1.29 is 18.3 Å². The van der Waals surface area contributed by atoms with E-state index >= 15 is 0 Å². The number of nitrogens with one attached hydrogen (secondary N) is 1. The Morgan fingerprint density at radius 3 is 2.50 bits per heavy atom. The van der Waals surface area contributed by atoms with E-state index in [1.54, 1.807) is 0 Å². The van der Waals surface area contributed by atoms with Gasteiger partial charge < -0.3 is 9.72 Å². The van der Waals surface area contributed by atoms with Gasteiger partial charge in [0.2, 0.25) is 0 Å². The van der Waals surface area contributed by atoms with Gasteiger partial charge in [0.1, 0.15) is 23.2 Å². The number of esters is 1. The molecule has 0 radical (unpaired) electrons. The first-order chi connectivity index (χ1) is 16.5. The van der Waals surface area contributed by atoms with Crippen LogP contribution in [0.25, 0.3) is 28.9 Å². The third kappa shape index (κ3) is 4.77. The molecule has 3 aliphatic carbocycles. The molecule has 1 heterocycles. The number of carbonyl (C=O) groups excluding carboxylic acids is 1. The number of nitrogens with zero attached hydrogens (tertiary/aromatic N) is 1. The van der Waals surface area contributed by atoms with Crippen LogP contribution in [0.5, 0.6) is 0 Å². The van der Waals surface area contributed by atoms with Crippen molar-refractivity contribution in [3.05, 3.63) is 58.3 Å². The van der Waals surface area contributed by atoms with Crippen LogP contribution in [0.2, 0.25) is 0 Å². The predicted octanol–water partition coefficient (Wildman–Crippen LogP) is 5.15. The van der Waals surface area contributed by atoms with Crippen LogP contribution >= 0.6 is 0 Å². The van der Waals surface area contributed by atoms with Gasteiger partial charge in [-0.3, -0.25) is 4.79 Å². The molecule has 1 aromatic carbocycles. The quantitative estimate of drug-likeness (QED) is 0.623. The van der Waals surface area contributed by atoms with Crippen molar-refractivity contribution in [2.24, 2.45) is 11.8 Å². The minimum absolute atomic E-state index is 0.0946. The highest BCUT2D eigenvalue weighted by molar-refractivity contribution is 5.71. The zero-order chi connectivity index (χ0) is 23.7. The van der Waals surface area contributed by atoms with Crippen LogP contribution in [-0.2, 0) is 9.53 Å². The number of allylic oxidation sites excluding steroid dienone is 4. The van der Waals surface area contributed by atoms with Crippen LogP contribution < -0.4 is 10.7 Å². The Morgan fingerprint density at radius 1 is 1.09 bits per heavy atom. The van der Waals surface area contributed by atoms with E-state index in [2.05, 4.69) is 34.3 Å². The van der Waals surface area contributed by atoms with Gasteiger partial charge in [0, 0.05) is 18.4 Å². The van der Waals surface area contributed by atoms with E-state index in [9.17, 15) is 13.6 Å². The van der Waals surface area contributed by atoms with E-state index < -0.39 is 12.0 Å². The van der Waals surface area contributed by atoms with E-state index in [-0.39, 0.29) is 17.7 Å². The maximum Gasteiger partial charge on any atom is 0.305 e. The molecule has 0 aliphatic heterocycles. The van der Waals surface area contributed by atoms with Crippen LogP contribution in [0, 0.1) is 11.8 Å². The van der Waals surface area contributed by atoms with Crippen molar-refractivity contribution in [2.45, 2.75) is 57.5 Å². The van der Waals surface area contributed by atoms with Gasteiger partial charge in [0.15, 0.2) is 0 Å². The second-order valence-corrected chi connectivity index (χ2v) is 9.65. The monoisotopic (exact) mass is 464 g/mol. The average Bonchev–Trinajstić information content (AvgIpc) is 3.29. The maximum absolute atomic E-state index is 14.1. The van der Waals surface area contributed by atoms with E-state index in [0.717, 1.165) is 44.1 Å². The first-order valence-electron chi connectivity index (χ1n) is 12.2. The van der Waals surface area contributed by atoms with Gasteiger partial charge in [-0.05, 0) is 67.6 Å². The molecule has 1 fully saturated rings. The fraction of sp³-hybridized carbons (Fsp3) is 0.429. The number of hydrogen-bond donors (Lipinski definition) is 1. The molecular weight excluding hydrogens is 434 g/mol. The topological polar surface area (TPSA) is 55.0 Å². The number of aromatic amines is 1. The molecule has 0 spiro atoms. The molecular formula is C28H30F2N2O2. The largest absolute Gasteiger partial charge is 0.469 e. The number of carbonyl (C=O) groups is 1. The Bertz CT molecular complexity index is 1250. The normalized spacial score (nSPS) is 24.6. The number of methoxy groups -OCH3 is 1. The molecule has 1 unspecified atom stereocenters. The van der Waals surface area contributed by atoms with Crippen molar-refractivity contribution >= 4 is 23.4 Å². The fourth-order valence-corrected chi connectivity index (χ4v) is 5.49. The summed E-state index contributed by atoms with van der Waals surface area (Å²) in [5, 5.41) is 0.641. The number of fused-ring (bicyclic) bond motifs is 1. The lowest BCUT2D eigenvalue weighted by molar-refractivity contribution is -0.142. The summed E-state index contributed by atoms with van der Waals surface area (Å²) in [4.78, 5) is 18.9. The molecule has 1 aromatic heterocycles. The summed E-state index contributed by atoms with van der Waals surface area (Å²) in [6.07, 6.45) is 11.5. The van der Waals surface area contributed by atoms with Gasteiger partial charge >= 0.3 is 5.97 Å². The number of alkyl halides is 1. The Hall–Kier alpha value is -3.02. The highest BCUT2D eigenvalue weighted by Gasteiger charge is 2.26. The molecule has 2 aromatic rings. The average molecular weight is 465 g/mol. The van der Waals surface area contributed by atoms with Crippen LogP contribution in [0.3, 0.4) is 0 Å². The molecule has 1 saturated carbocycles. The lowest BCUT2D eigenvalue weighted by Gasteiger charge is -2.31. The third-order valence-corrected chi connectivity index (χ3v) is 7.48. The van der Waals surface area contributed by atoms with Crippen molar-refractivity contribution in [1.82, 2.24) is 9.97 Å². The highest BCUT2D eigenvalue weighted by atomic mass is 19.1. The number of imidazole rings is 1. The summed E-state index contributed by atoms with van der Waals surface area (Å²) in [6, 6.07) is 8.10. The summed E-state index contributed by atoms with van der Waals surface area (Å²) in [7, 11) is 1.46. The minimum atomic E-state index is -1.31. The summed E-state index contributed by atoms with van der Waals surface area (Å²) in [6.45, 7) is 0. The van der Waals surface area contributed by atoms with E-state index in [1.165, 1.54) is 29.9 Å². The lowest BCUT2D eigenvalue weighted by Crippen LogP contribution is -2.31. The molecule has 0 bridgehead atoms. The highest BCUT2D eigenvalue weighted by Crippen LogP contribution is 2.39. The molecule has 178 valence electrons. The summed E-state index contributed by atoms with van der Waals surface area (Å²) >= 11 is 0. The van der Waals surface area contributed by atoms with Crippen LogP contribution in [0.15, 0.2) is 42.0 Å². The second kappa shape index (κ2) is 9.69. The maximum atomic E-state index is 14.1. The molecule has 34 heavy (non-hydrogen) atoms. The van der Waals surface area contributed by atoms with E-state index in [1.807, 2.05) is 12.1 Å². The molecule has 3 aliphatic rings. The second-order valence-electron chi connectivity index (χ2n) is 9.65. The molecule has 0 amide bonds. The molecule has 5 rings (SSSR count). The number of aromatic nitrogens is 2. The Kier molecular flexibility index (Phi) is 6.48. The van der Waals surface area contributed by atoms with Gasteiger partial charge in [0.05, 0.1) is 12.5 Å². The predicted molar refractivity (Wildman–Crippen MR) is 129 cm³/mol. The molecule has 0 saturated heterocycles. The minimum Gasteiger partial charge on any atom is -0.469 e. The molecule has 1 N–H and O–H groups in total. The first kappa shape index (κ1) is 22.8.